The second kappa shape index (κ2) is 6.02. The molecule has 0 aromatic carbocycles. The number of amides is 1. The van der Waals surface area contributed by atoms with Crippen LogP contribution in [0.15, 0.2) is 42.9 Å². The lowest BCUT2D eigenvalue weighted by Crippen LogP contribution is -2.45. The molecule has 24 heavy (non-hydrogen) atoms. The lowest BCUT2D eigenvalue weighted by Gasteiger charge is -2.21. The number of hydrogen-bond donors (Lipinski definition) is 2. The van der Waals surface area contributed by atoms with Crippen LogP contribution in [0.5, 0.6) is 0 Å². The molecular formula is C18H22N4O2. The molecule has 0 saturated heterocycles. The molecule has 2 aliphatic carbocycles. The minimum absolute atomic E-state index is 0.00462. The first-order valence-electron chi connectivity index (χ1n) is 8.55. The second-order valence-electron chi connectivity index (χ2n) is 7.01. The van der Waals surface area contributed by atoms with Gasteiger partial charge in [-0.3, -0.25) is 14.5 Å². The summed E-state index contributed by atoms with van der Waals surface area (Å²) in [5, 5.41) is 17.6. The van der Waals surface area contributed by atoms with Crippen LogP contribution < -0.4 is 5.32 Å². The molecule has 0 aliphatic heterocycles. The standard InChI is InChI=1S/C18H22N4O2/c23-15-11-13(12-22-9-3-8-20-22)10-14(15)21-17(24)18(5-6-18)16-4-1-2-7-19-16/h1-4,7-9,13-15,23H,5-6,10-12H2,(H,21,24)/t13?,14-,15-/m1/s1. The molecule has 0 radical (unpaired) electrons. The van der Waals surface area contributed by atoms with Gasteiger partial charge in [-0.1, -0.05) is 6.07 Å². The van der Waals surface area contributed by atoms with Crippen molar-refractivity contribution in [1.82, 2.24) is 20.1 Å². The average molecular weight is 326 g/mol. The number of rotatable bonds is 5. The van der Waals surface area contributed by atoms with Gasteiger partial charge in [-0.05, 0) is 49.8 Å². The van der Waals surface area contributed by atoms with Crippen molar-refractivity contribution in [3.05, 3.63) is 48.5 Å². The summed E-state index contributed by atoms with van der Waals surface area (Å²) in [6.07, 6.45) is 8.06. The van der Waals surface area contributed by atoms with Crippen LogP contribution in [0.2, 0.25) is 0 Å². The lowest BCUT2D eigenvalue weighted by atomic mass is 9.99. The Hall–Kier alpha value is -2.21. The van der Waals surface area contributed by atoms with Gasteiger partial charge in [-0.15, -0.1) is 0 Å². The highest BCUT2D eigenvalue weighted by molar-refractivity contribution is 5.91. The molecule has 2 fully saturated rings. The fourth-order valence-electron chi connectivity index (χ4n) is 3.77. The molecule has 3 atom stereocenters. The summed E-state index contributed by atoms with van der Waals surface area (Å²) in [7, 11) is 0. The van der Waals surface area contributed by atoms with Gasteiger partial charge >= 0.3 is 0 Å². The third-order valence-electron chi connectivity index (χ3n) is 5.29. The van der Waals surface area contributed by atoms with E-state index in [1.807, 2.05) is 35.1 Å². The summed E-state index contributed by atoms with van der Waals surface area (Å²) in [4.78, 5) is 17.1. The van der Waals surface area contributed by atoms with Gasteiger partial charge in [-0.25, -0.2) is 0 Å². The van der Waals surface area contributed by atoms with E-state index in [4.69, 9.17) is 0 Å². The average Bonchev–Trinajstić information content (AvgIpc) is 3.13. The van der Waals surface area contributed by atoms with E-state index in [0.29, 0.717) is 12.3 Å². The van der Waals surface area contributed by atoms with Crippen LogP contribution >= 0.6 is 0 Å². The van der Waals surface area contributed by atoms with Crippen molar-refractivity contribution >= 4 is 5.91 Å². The predicted molar refractivity (Wildman–Crippen MR) is 88.0 cm³/mol. The Morgan fingerprint density at radius 1 is 1.29 bits per heavy atom. The zero-order valence-corrected chi connectivity index (χ0v) is 13.5. The summed E-state index contributed by atoms with van der Waals surface area (Å²) in [5.41, 5.74) is 0.351. The van der Waals surface area contributed by atoms with E-state index in [1.54, 1.807) is 12.4 Å². The molecule has 1 amide bonds. The van der Waals surface area contributed by atoms with Gasteiger partial charge in [0.2, 0.25) is 5.91 Å². The van der Waals surface area contributed by atoms with Crippen LogP contribution in [0, 0.1) is 5.92 Å². The Labute approximate surface area is 140 Å². The molecule has 6 nitrogen and oxygen atoms in total. The molecule has 6 heteroatoms. The van der Waals surface area contributed by atoms with E-state index in [0.717, 1.165) is 31.5 Å². The van der Waals surface area contributed by atoms with Crippen molar-refractivity contribution in [3.63, 3.8) is 0 Å². The molecule has 2 N–H and O–H groups in total. The number of nitrogens with zero attached hydrogens (tertiary/aromatic N) is 3. The van der Waals surface area contributed by atoms with Gasteiger partial charge in [0.05, 0.1) is 23.3 Å². The molecule has 2 heterocycles. The van der Waals surface area contributed by atoms with Gasteiger partial charge in [0.25, 0.3) is 0 Å². The van der Waals surface area contributed by atoms with Crippen molar-refractivity contribution in [3.8, 4) is 0 Å². The Morgan fingerprint density at radius 2 is 2.17 bits per heavy atom. The van der Waals surface area contributed by atoms with E-state index in [1.165, 1.54) is 0 Å². The minimum Gasteiger partial charge on any atom is -0.391 e. The van der Waals surface area contributed by atoms with Crippen LogP contribution in [0.25, 0.3) is 0 Å². The third kappa shape index (κ3) is 2.82. The van der Waals surface area contributed by atoms with Crippen molar-refractivity contribution in [2.24, 2.45) is 5.92 Å². The molecule has 126 valence electrons. The smallest absolute Gasteiger partial charge is 0.232 e. The number of aliphatic hydroxyl groups excluding tert-OH is 1. The second-order valence-corrected chi connectivity index (χ2v) is 7.01. The molecule has 0 bridgehead atoms. The molecule has 4 rings (SSSR count). The number of aliphatic hydroxyl groups is 1. The van der Waals surface area contributed by atoms with Gasteiger partial charge in [-0.2, -0.15) is 5.10 Å². The Morgan fingerprint density at radius 3 is 2.83 bits per heavy atom. The van der Waals surface area contributed by atoms with E-state index < -0.39 is 11.5 Å². The lowest BCUT2D eigenvalue weighted by molar-refractivity contribution is -0.125. The summed E-state index contributed by atoms with van der Waals surface area (Å²) in [6, 6.07) is 7.41. The first-order valence-corrected chi connectivity index (χ1v) is 8.55. The van der Waals surface area contributed by atoms with Gasteiger partial charge < -0.3 is 10.4 Å². The monoisotopic (exact) mass is 326 g/mol. The molecule has 2 aromatic rings. The summed E-state index contributed by atoms with van der Waals surface area (Å²) in [5.74, 6) is 0.334. The maximum absolute atomic E-state index is 12.8. The third-order valence-corrected chi connectivity index (χ3v) is 5.29. The molecule has 2 aliphatic rings. The first-order chi connectivity index (χ1) is 11.7. The fraction of sp³-hybridized carbons (Fsp3) is 0.500. The number of hydrogen-bond acceptors (Lipinski definition) is 4. The van der Waals surface area contributed by atoms with Crippen LogP contribution in [0.1, 0.15) is 31.4 Å². The van der Waals surface area contributed by atoms with Crippen molar-refractivity contribution < 1.29 is 9.90 Å². The Kier molecular flexibility index (Phi) is 3.84. The van der Waals surface area contributed by atoms with E-state index in [-0.39, 0.29) is 11.9 Å². The summed E-state index contributed by atoms with van der Waals surface area (Å²) in [6.45, 7) is 0.780. The van der Waals surface area contributed by atoms with E-state index in [2.05, 4.69) is 15.4 Å². The van der Waals surface area contributed by atoms with Crippen LogP contribution in [-0.4, -0.2) is 37.9 Å². The van der Waals surface area contributed by atoms with Crippen LogP contribution in [-0.2, 0) is 16.8 Å². The highest BCUT2D eigenvalue weighted by atomic mass is 16.3. The number of carbonyl (C=O) groups excluding carboxylic acids is 1. The molecule has 2 saturated carbocycles. The number of aromatic nitrogens is 3. The number of carbonyl (C=O) groups is 1. The summed E-state index contributed by atoms with van der Waals surface area (Å²) < 4.78 is 1.89. The van der Waals surface area contributed by atoms with E-state index in [9.17, 15) is 9.90 Å². The molecule has 2 aromatic heterocycles. The summed E-state index contributed by atoms with van der Waals surface area (Å²) >= 11 is 0. The van der Waals surface area contributed by atoms with Crippen LogP contribution in [0.3, 0.4) is 0 Å². The SMILES string of the molecule is O=C(N[C@@H]1CC(Cn2cccn2)C[C@H]1O)C1(c2ccccn2)CC1. The molecule has 0 spiro atoms. The van der Waals surface area contributed by atoms with Gasteiger partial charge in [0, 0.05) is 25.1 Å². The topological polar surface area (TPSA) is 80.0 Å². The Bertz CT molecular complexity index is 697. The maximum atomic E-state index is 12.8. The Balaban J connectivity index is 1.39. The van der Waals surface area contributed by atoms with E-state index >= 15 is 0 Å². The van der Waals surface area contributed by atoms with Crippen molar-refractivity contribution in [1.29, 1.82) is 0 Å². The number of pyridine rings is 1. The van der Waals surface area contributed by atoms with Crippen LogP contribution in [0.4, 0.5) is 0 Å². The zero-order valence-electron chi connectivity index (χ0n) is 13.5. The molecular weight excluding hydrogens is 304 g/mol. The van der Waals surface area contributed by atoms with Gasteiger partial charge in [0.15, 0.2) is 0 Å². The van der Waals surface area contributed by atoms with Gasteiger partial charge in [0.1, 0.15) is 0 Å². The quantitative estimate of drug-likeness (QED) is 0.867. The minimum atomic E-state index is -0.492. The zero-order chi connectivity index (χ0) is 16.6. The van der Waals surface area contributed by atoms with Crippen molar-refractivity contribution in [2.75, 3.05) is 0 Å². The highest BCUT2D eigenvalue weighted by Gasteiger charge is 2.53. The number of nitrogens with one attached hydrogen (secondary N) is 1. The normalized spacial score (nSPS) is 27.8. The first kappa shape index (κ1) is 15.3. The fourth-order valence-corrected chi connectivity index (χ4v) is 3.77. The van der Waals surface area contributed by atoms with Crippen molar-refractivity contribution in [2.45, 2.75) is 49.8 Å². The molecule has 1 unspecified atom stereocenters. The highest BCUT2D eigenvalue weighted by Crippen LogP contribution is 2.47. The maximum Gasteiger partial charge on any atom is 0.232 e. The largest absolute Gasteiger partial charge is 0.391 e. The predicted octanol–water partition coefficient (Wildman–Crippen LogP) is 1.27.